The van der Waals surface area contributed by atoms with E-state index in [-0.39, 0.29) is 60.7 Å². The van der Waals surface area contributed by atoms with E-state index < -0.39 is 6.04 Å². The zero-order valence-corrected chi connectivity index (χ0v) is 39.7. The Labute approximate surface area is 394 Å². The highest BCUT2D eigenvalue weighted by atomic mass is 16.5. The number of ether oxygens (including phenoxy) is 2. The average molecular weight is 919 g/mol. The Balaban J connectivity index is 0.881. The molecule has 4 aromatic rings. The van der Waals surface area contributed by atoms with E-state index in [9.17, 15) is 24.0 Å². The zero-order chi connectivity index (χ0) is 46.4. The second-order valence-electron chi connectivity index (χ2n) is 20.1. The van der Waals surface area contributed by atoms with Gasteiger partial charge in [0.05, 0.1) is 29.1 Å². The summed E-state index contributed by atoms with van der Waals surface area (Å²) >= 11 is 0. The largest absolute Gasteiger partial charge is 0.444 e. The van der Waals surface area contributed by atoms with E-state index in [1.165, 1.54) is 6.42 Å². The highest BCUT2D eigenvalue weighted by Gasteiger charge is 2.35. The second kappa shape index (κ2) is 21.3. The van der Waals surface area contributed by atoms with Gasteiger partial charge in [0.1, 0.15) is 6.04 Å². The third kappa shape index (κ3) is 10.9. The van der Waals surface area contributed by atoms with Crippen LogP contribution in [-0.4, -0.2) is 129 Å². The van der Waals surface area contributed by atoms with Gasteiger partial charge in [-0.15, -0.1) is 0 Å². The van der Waals surface area contributed by atoms with E-state index in [1.54, 1.807) is 20.3 Å². The Kier molecular flexibility index (Phi) is 14.9. The number of amides is 3. The number of piperidine rings is 2. The number of fused-ring (bicyclic) bond motifs is 2. The number of esters is 2. The minimum atomic E-state index is -0.799. The van der Waals surface area contributed by atoms with E-state index in [2.05, 4.69) is 27.3 Å². The summed E-state index contributed by atoms with van der Waals surface area (Å²) in [6.45, 7) is 7.77. The maximum atomic E-state index is 14.6. The smallest absolute Gasteiger partial charge is 0.318 e. The molecular formula is C52H70N8O7. The van der Waals surface area contributed by atoms with Gasteiger partial charge < -0.3 is 29.5 Å². The first-order valence-corrected chi connectivity index (χ1v) is 25.3. The molecule has 3 amide bonds. The summed E-state index contributed by atoms with van der Waals surface area (Å²) in [4.78, 5) is 77.6. The number of hydrogen-bond acceptors (Lipinski definition) is 10. The van der Waals surface area contributed by atoms with Crippen LogP contribution < -0.4 is 10.9 Å². The Hall–Kier alpha value is -5.28. The average Bonchev–Trinajstić information content (AvgIpc) is 3.79. The quantitative estimate of drug-likeness (QED) is 0.155. The lowest BCUT2D eigenvalue weighted by molar-refractivity contribution is -0.154. The highest BCUT2D eigenvalue weighted by molar-refractivity contribution is 5.88. The fourth-order valence-corrected chi connectivity index (χ4v) is 11.6. The third-order valence-electron chi connectivity index (χ3n) is 15.6. The number of rotatable bonds is 12. The van der Waals surface area contributed by atoms with Crippen molar-refractivity contribution >= 4 is 45.7 Å². The number of benzene rings is 2. The van der Waals surface area contributed by atoms with Crippen LogP contribution in [0.5, 0.6) is 0 Å². The lowest BCUT2D eigenvalue weighted by atomic mass is 9.89. The summed E-state index contributed by atoms with van der Waals surface area (Å²) in [7, 11) is 2.17. The number of carbonyl (C=O) groups is 4. The van der Waals surface area contributed by atoms with Crippen LogP contribution in [0, 0.1) is 18.8 Å². The molecule has 2 aromatic heterocycles. The highest BCUT2D eigenvalue weighted by Crippen LogP contribution is 2.31. The monoisotopic (exact) mass is 919 g/mol. The number of pyridine rings is 1. The molecule has 0 radical (unpaired) electrons. The summed E-state index contributed by atoms with van der Waals surface area (Å²) < 4.78 is 14.9. The van der Waals surface area contributed by atoms with Crippen LogP contribution in [0.3, 0.4) is 0 Å². The number of urea groups is 1. The van der Waals surface area contributed by atoms with E-state index >= 15 is 0 Å². The van der Waals surface area contributed by atoms with Crippen LogP contribution in [0.15, 0.2) is 53.5 Å². The summed E-state index contributed by atoms with van der Waals surface area (Å²) in [5.41, 5.74) is 3.94. The van der Waals surface area contributed by atoms with Gasteiger partial charge in [0.2, 0.25) is 5.91 Å². The van der Waals surface area contributed by atoms with Gasteiger partial charge in [-0.25, -0.2) is 9.48 Å². The summed E-state index contributed by atoms with van der Waals surface area (Å²) in [6, 6.07) is 13.2. The summed E-state index contributed by atoms with van der Waals surface area (Å²) in [5.74, 6) is -0.735. The van der Waals surface area contributed by atoms with Gasteiger partial charge in [0, 0.05) is 62.7 Å². The fraction of sp³-hybridized carbons (Fsp3) is 0.615. The van der Waals surface area contributed by atoms with Crippen LogP contribution >= 0.6 is 0 Å². The van der Waals surface area contributed by atoms with Gasteiger partial charge in [0.15, 0.2) is 13.5 Å². The van der Waals surface area contributed by atoms with Crippen LogP contribution in [0.25, 0.3) is 21.8 Å². The van der Waals surface area contributed by atoms with Crippen molar-refractivity contribution in [2.24, 2.45) is 11.8 Å². The van der Waals surface area contributed by atoms with E-state index in [1.807, 2.05) is 54.3 Å². The first-order chi connectivity index (χ1) is 32.6. The first kappa shape index (κ1) is 46.8. The van der Waals surface area contributed by atoms with Gasteiger partial charge in [-0.05, 0) is 119 Å². The molecule has 3 aliphatic heterocycles. The summed E-state index contributed by atoms with van der Waals surface area (Å²) in [6.07, 6.45) is 15.4. The normalized spacial score (nSPS) is 20.6. The number of nitrogens with one attached hydrogen (secondary N) is 1. The molecule has 2 aromatic carbocycles. The molecule has 5 aliphatic rings. The lowest BCUT2D eigenvalue weighted by Crippen LogP contribution is -2.59. The standard InChI is InChI=1S/C52H70N8O7/c1-36-29-37(30-42-33-53-60(47(36)42)35-67-51(64)40-13-7-4-8-14-40)31-45(49(62)57-27-25-56(26-28-57)43-19-21-55(2)22-20-43)54-52(65)58-23-17-38(18-24-58)44-32-41-15-9-10-16-46(41)59(48(44)61)34-66-50(63)39-11-5-3-6-12-39/h9-10,15-16,29-30,32-33,38-40,43,45H,3-8,11-14,17-28,31,34-35H2,1-2H3,(H,54,65)/t45-/m1/s1. The lowest BCUT2D eigenvalue weighted by Gasteiger charge is -2.43. The van der Waals surface area contributed by atoms with E-state index in [0.717, 1.165) is 130 Å². The van der Waals surface area contributed by atoms with E-state index in [4.69, 9.17) is 9.47 Å². The van der Waals surface area contributed by atoms with Crippen molar-refractivity contribution in [2.45, 2.75) is 135 Å². The molecule has 2 saturated carbocycles. The van der Waals surface area contributed by atoms with Crippen LogP contribution in [0.4, 0.5) is 4.79 Å². The van der Waals surface area contributed by atoms with Crippen molar-refractivity contribution in [1.82, 2.24) is 39.3 Å². The SMILES string of the molecule is Cc1cc(C[C@@H](NC(=O)N2CCC(c3cc4ccccc4n(COC(=O)C4CCCCC4)c3=O)CC2)C(=O)N2CCN(C3CCN(C)CC3)CC2)cc2cnn(COC(=O)C3CCCCC3)c12. The molecule has 1 atom stereocenters. The molecule has 67 heavy (non-hydrogen) atoms. The number of aromatic nitrogens is 3. The molecule has 0 unspecified atom stereocenters. The minimum absolute atomic E-state index is 0.0449. The first-order valence-electron chi connectivity index (χ1n) is 25.3. The van der Waals surface area contributed by atoms with Gasteiger partial charge in [-0.3, -0.25) is 28.6 Å². The van der Waals surface area contributed by atoms with Crippen LogP contribution in [0.1, 0.15) is 112 Å². The van der Waals surface area contributed by atoms with Crippen molar-refractivity contribution < 1.29 is 28.7 Å². The maximum absolute atomic E-state index is 14.6. The number of aryl methyl sites for hydroxylation is 1. The van der Waals surface area contributed by atoms with Gasteiger partial charge >= 0.3 is 18.0 Å². The van der Waals surface area contributed by atoms with Crippen LogP contribution in [-0.2, 0) is 43.7 Å². The van der Waals surface area contributed by atoms with Gasteiger partial charge in [0.25, 0.3) is 5.56 Å². The molecule has 2 aliphatic carbocycles. The molecule has 360 valence electrons. The van der Waals surface area contributed by atoms with Crippen molar-refractivity contribution in [2.75, 3.05) is 59.4 Å². The number of nitrogens with zero attached hydrogens (tertiary/aromatic N) is 7. The molecular weight excluding hydrogens is 849 g/mol. The molecule has 3 saturated heterocycles. The molecule has 0 bridgehead atoms. The second-order valence-corrected chi connectivity index (χ2v) is 20.1. The maximum Gasteiger partial charge on any atom is 0.318 e. The topological polar surface area (TPSA) is 152 Å². The van der Waals surface area contributed by atoms with Crippen molar-refractivity contribution in [3.05, 3.63) is 75.7 Å². The van der Waals surface area contributed by atoms with Crippen molar-refractivity contribution in [3.63, 3.8) is 0 Å². The van der Waals surface area contributed by atoms with E-state index in [0.29, 0.717) is 57.0 Å². The molecule has 5 heterocycles. The minimum Gasteiger partial charge on any atom is -0.444 e. The van der Waals surface area contributed by atoms with Gasteiger partial charge in [-0.2, -0.15) is 5.10 Å². The Morgan fingerprint density at radius 1 is 0.716 bits per heavy atom. The fourth-order valence-electron chi connectivity index (χ4n) is 11.6. The number of para-hydroxylation sites is 1. The third-order valence-corrected chi connectivity index (χ3v) is 15.6. The van der Waals surface area contributed by atoms with Crippen molar-refractivity contribution in [1.29, 1.82) is 0 Å². The van der Waals surface area contributed by atoms with Gasteiger partial charge in [-0.1, -0.05) is 62.8 Å². The molecule has 5 fully saturated rings. The van der Waals surface area contributed by atoms with Crippen LogP contribution in [0.2, 0.25) is 0 Å². The predicted molar refractivity (Wildman–Crippen MR) is 256 cm³/mol. The predicted octanol–water partition coefficient (Wildman–Crippen LogP) is 6.56. The number of piperazine rings is 1. The zero-order valence-electron chi connectivity index (χ0n) is 39.7. The summed E-state index contributed by atoms with van der Waals surface area (Å²) in [5, 5.41) is 9.55. The molecule has 0 spiro atoms. The molecule has 1 N–H and O–H groups in total. The number of hydrogen-bond donors (Lipinski definition) is 1. The number of likely N-dealkylation sites (tertiary alicyclic amines) is 2. The molecule has 15 nitrogen and oxygen atoms in total. The Bertz CT molecular complexity index is 2450. The molecule has 9 rings (SSSR count). The van der Waals surface area contributed by atoms with Crippen molar-refractivity contribution in [3.8, 4) is 0 Å². The Morgan fingerprint density at radius 2 is 1.36 bits per heavy atom. The molecule has 15 heteroatoms. The Morgan fingerprint density at radius 3 is 2.03 bits per heavy atom. The number of carbonyl (C=O) groups excluding carboxylic acids is 4.